The minimum absolute atomic E-state index is 0.0228. The van der Waals surface area contributed by atoms with Gasteiger partial charge in [0.05, 0.1) is 5.92 Å². The van der Waals surface area contributed by atoms with Gasteiger partial charge in [-0.2, -0.15) is 0 Å². The van der Waals surface area contributed by atoms with Crippen LogP contribution in [0.3, 0.4) is 0 Å². The highest BCUT2D eigenvalue weighted by molar-refractivity contribution is 5.87. The quantitative estimate of drug-likeness (QED) is 0.371. The Bertz CT molecular complexity index is 1250. The van der Waals surface area contributed by atoms with Crippen molar-refractivity contribution in [3.63, 3.8) is 0 Å². The summed E-state index contributed by atoms with van der Waals surface area (Å²) in [6.45, 7) is 0.447. The molecule has 32 heavy (non-hydrogen) atoms. The monoisotopic (exact) mass is 418 g/mol. The minimum Gasteiger partial charge on any atom is -0.436 e. The Morgan fingerprint density at radius 1 is 0.750 bits per heavy atom. The summed E-state index contributed by atoms with van der Waals surface area (Å²) in [6, 6.07) is 35.4. The number of hydrogen-bond donors (Lipinski definition) is 1. The first-order valence-electron chi connectivity index (χ1n) is 10.6. The summed E-state index contributed by atoms with van der Waals surface area (Å²) in [5.74, 6) is 0.219. The molecule has 0 saturated carbocycles. The standard InChI is InChI=1S/C28H22N2O2/c31-27(26(21-9-3-1-4-10-21)22-11-5-2-6-12-22)29-19-20-15-17-23(18-16-20)28-30-24-13-7-8-14-25(24)32-28/h1-18,26H,19H2,(H,29,31). The van der Waals surface area contributed by atoms with Crippen LogP contribution in [0.4, 0.5) is 0 Å². The molecule has 0 radical (unpaired) electrons. The third kappa shape index (κ3) is 4.16. The number of amides is 1. The first-order valence-corrected chi connectivity index (χ1v) is 10.6. The van der Waals surface area contributed by atoms with Crippen molar-refractivity contribution in [1.29, 1.82) is 0 Å². The van der Waals surface area contributed by atoms with Crippen molar-refractivity contribution >= 4 is 17.0 Å². The number of nitrogens with zero attached hydrogens (tertiary/aromatic N) is 1. The molecule has 1 N–H and O–H groups in total. The SMILES string of the molecule is O=C(NCc1ccc(-c2nc3ccccc3o2)cc1)C(c1ccccc1)c1ccccc1. The van der Waals surface area contributed by atoms with Crippen LogP contribution < -0.4 is 5.32 Å². The number of rotatable bonds is 6. The van der Waals surface area contributed by atoms with E-state index in [0.29, 0.717) is 12.4 Å². The molecular weight excluding hydrogens is 396 g/mol. The lowest BCUT2D eigenvalue weighted by Gasteiger charge is -2.18. The van der Waals surface area contributed by atoms with Gasteiger partial charge in [0.15, 0.2) is 5.58 Å². The van der Waals surface area contributed by atoms with Crippen LogP contribution >= 0.6 is 0 Å². The van der Waals surface area contributed by atoms with Crippen LogP contribution in [0.15, 0.2) is 114 Å². The number of benzene rings is 4. The Kier molecular flexibility index (Phi) is 5.50. The summed E-state index contributed by atoms with van der Waals surface area (Å²) < 4.78 is 5.84. The summed E-state index contributed by atoms with van der Waals surface area (Å²) in [4.78, 5) is 17.7. The van der Waals surface area contributed by atoms with Crippen molar-refractivity contribution in [2.75, 3.05) is 0 Å². The number of fused-ring (bicyclic) bond motifs is 1. The molecule has 0 aliphatic heterocycles. The summed E-state index contributed by atoms with van der Waals surface area (Å²) in [5.41, 5.74) is 5.48. The van der Waals surface area contributed by atoms with Crippen molar-refractivity contribution in [1.82, 2.24) is 10.3 Å². The van der Waals surface area contributed by atoms with E-state index in [0.717, 1.165) is 33.4 Å². The molecule has 1 aromatic heterocycles. The molecule has 4 heteroatoms. The van der Waals surface area contributed by atoms with Gasteiger partial charge in [-0.1, -0.05) is 84.9 Å². The smallest absolute Gasteiger partial charge is 0.232 e. The largest absolute Gasteiger partial charge is 0.436 e. The van der Waals surface area contributed by atoms with E-state index in [9.17, 15) is 4.79 Å². The number of para-hydroxylation sites is 2. The zero-order chi connectivity index (χ0) is 21.8. The van der Waals surface area contributed by atoms with Crippen LogP contribution in [-0.2, 0) is 11.3 Å². The van der Waals surface area contributed by atoms with Crippen molar-refractivity contribution in [2.45, 2.75) is 12.5 Å². The third-order valence-corrected chi connectivity index (χ3v) is 5.49. The lowest BCUT2D eigenvalue weighted by molar-refractivity contribution is -0.121. The number of carbonyl (C=O) groups is 1. The maximum Gasteiger partial charge on any atom is 0.232 e. The van der Waals surface area contributed by atoms with E-state index in [1.165, 1.54) is 0 Å². The molecule has 5 aromatic rings. The fraction of sp³-hybridized carbons (Fsp3) is 0.0714. The Hall–Kier alpha value is -4.18. The molecule has 1 amide bonds. The highest BCUT2D eigenvalue weighted by Gasteiger charge is 2.22. The van der Waals surface area contributed by atoms with E-state index in [-0.39, 0.29) is 11.8 Å². The Morgan fingerprint density at radius 2 is 1.34 bits per heavy atom. The second kappa shape index (κ2) is 8.90. The Morgan fingerprint density at radius 3 is 1.97 bits per heavy atom. The van der Waals surface area contributed by atoms with Crippen LogP contribution in [0.1, 0.15) is 22.6 Å². The van der Waals surface area contributed by atoms with Gasteiger partial charge in [-0.3, -0.25) is 4.79 Å². The number of aromatic nitrogens is 1. The molecule has 1 heterocycles. The van der Waals surface area contributed by atoms with E-state index in [1.807, 2.05) is 109 Å². The van der Waals surface area contributed by atoms with E-state index >= 15 is 0 Å². The fourth-order valence-electron chi connectivity index (χ4n) is 3.84. The maximum absolute atomic E-state index is 13.2. The molecule has 0 fully saturated rings. The fourth-order valence-corrected chi connectivity index (χ4v) is 3.84. The molecule has 0 spiro atoms. The normalized spacial score (nSPS) is 11.0. The molecule has 4 aromatic carbocycles. The van der Waals surface area contributed by atoms with Crippen molar-refractivity contribution < 1.29 is 9.21 Å². The van der Waals surface area contributed by atoms with E-state index in [2.05, 4.69) is 10.3 Å². The molecule has 0 unspecified atom stereocenters. The molecule has 0 bridgehead atoms. The Balaban J connectivity index is 1.31. The van der Waals surface area contributed by atoms with Gasteiger partial charge in [-0.25, -0.2) is 4.98 Å². The molecular formula is C28H22N2O2. The van der Waals surface area contributed by atoms with Crippen LogP contribution in [0.25, 0.3) is 22.6 Å². The first-order chi connectivity index (χ1) is 15.8. The summed E-state index contributed by atoms with van der Waals surface area (Å²) in [6.07, 6.45) is 0. The van der Waals surface area contributed by atoms with Gasteiger partial charge in [0, 0.05) is 12.1 Å². The minimum atomic E-state index is -0.351. The number of carbonyl (C=O) groups excluding carboxylic acids is 1. The summed E-state index contributed by atoms with van der Waals surface area (Å²) in [7, 11) is 0. The zero-order valence-corrected chi connectivity index (χ0v) is 17.4. The van der Waals surface area contributed by atoms with Crippen LogP contribution in [0, 0.1) is 0 Å². The molecule has 0 atom stereocenters. The van der Waals surface area contributed by atoms with E-state index in [1.54, 1.807) is 0 Å². The molecule has 5 rings (SSSR count). The molecule has 0 aliphatic carbocycles. The van der Waals surface area contributed by atoms with Gasteiger partial charge in [0.2, 0.25) is 11.8 Å². The predicted molar refractivity (Wildman–Crippen MR) is 126 cm³/mol. The van der Waals surface area contributed by atoms with Gasteiger partial charge in [-0.05, 0) is 41.0 Å². The molecule has 4 nitrogen and oxygen atoms in total. The van der Waals surface area contributed by atoms with Crippen molar-refractivity contribution in [3.8, 4) is 11.5 Å². The zero-order valence-electron chi connectivity index (χ0n) is 17.4. The second-order valence-corrected chi connectivity index (χ2v) is 7.66. The average molecular weight is 418 g/mol. The topological polar surface area (TPSA) is 55.1 Å². The van der Waals surface area contributed by atoms with Crippen molar-refractivity contribution in [2.24, 2.45) is 0 Å². The van der Waals surface area contributed by atoms with E-state index < -0.39 is 0 Å². The van der Waals surface area contributed by atoms with Crippen LogP contribution in [-0.4, -0.2) is 10.9 Å². The van der Waals surface area contributed by atoms with Crippen molar-refractivity contribution in [3.05, 3.63) is 126 Å². The van der Waals surface area contributed by atoms with Gasteiger partial charge in [0.1, 0.15) is 5.52 Å². The average Bonchev–Trinajstić information content (AvgIpc) is 3.29. The van der Waals surface area contributed by atoms with Crippen LogP contribution in [0.2, 0.25) is 0 Å². The lowest BCUT2D eigenvalue weighted by Crippen LogP contribution is -2.29. The second-order valence-electron chi connectivity index (χ2n) is 7.66. The Labute approximate surface area is 186 Å². The van der Waals surface area contributed by atoms with Gasteiger partial charge in [0.25, 0.3) is 0 Å². The molecule has 0 aliphatic rings. The third-order valence-electron chi connectivity index (χ3n) is 5.49. The summed E-state index contributed by atoms with van der Waals surface area (Å²) in [5, 5.41) is 3.10. The maximum atomic E-state index is 13.2. The summed E-state index contributed by atoms with van der Waals surface area (Å²) >= 11 is 0. The van der Waals surface area contributed by atoms with Gasteiger partial charge < -0.3 is 9.73 Å². The van der Waals surface area contributed by atoms with Crippen LogP contribution in [0.5, 0.6) is 0 Å². The highest BCUT2D eigenvalue weighted by Crippen LogP contribution is 2.26. The van der Waals surface area contributed by atoms with Gasteiger partial charge >= 0.3 is 0 Å². The first kappa shape index (κ1) is 19.8. The number of nitrogens with one attached hydrogen (secondary N) is 1. The number of oxazole rings is 1. The van der Waals surface area contributed by atoms with Gasteiger partial charge in [-0.15, -0.1) is 0 Å². The highest BCUT2D eigenvalue weighted by atomic mass is 16.3. The predicted octanol–water partition coefficient (Wildman–Crippen LogP) is 5.94. The molecule has 0 saturated heterocycles. The molecule has 156 valence electrons. The number of hydrogen-bond acceptors (Lipinski definition) is 3. The lowest BCUT2D eigenvalue weighted by atomic mass is 9.90. The van der Waals surface area contributed by atoms with E-state index in [4.69, 9.17) is 4.42 Å².